The average Bonchev–Trinajstić information content (AvgIpc) is 3.03. The van der Waals surface area contributed by atoms with E-state index in [2.05, 4.69) is 10.3 Å². The highest BCUT2D eigenvalue weighted by Crippen LogP contribution is 2.14. The van der Waals surface area contributed by atoms with E-state index in [0.717, 1.165) is 10.1 Å². The van der Waals surface area contributed by atoms with Gasteiger partial charge in [-0.15, -0.1) is 0 Å². The van der Waals surface area contributed by atoms with Crippen LogP contribution in [0.15, 0.2) is 46.1 Å². The molecule has 2 N–H and O–H groups in total. The molecule has 0 unspecified atom stereocenters. The van der Waals surface area contributed by atoms with Crippen molar-refractivity contribution in [1.29, 1.82) is 0 Å². The van der Waals surface area contributed by atoms with E-state index in [9.17, 15) is 14.4 Å². The van der Waals surface area contributed by atoms with Gasteiger partial charge in [-0.1, -0.05) is 30.3 Å². The van der Waals surface area contributed by atoms with Crippen LogP contribution in [0.25, 0.3) is 11.0 Å². The Bertz CT molecular complexity index is 1090. The van der Waals surface area contributed by atoms with Crippen molar-refractivity contribution in [1.82, 2.24) is 19.4 Å². The maximum Gasteiger partial charge on any atom is 0.329 e. The molecule has 0 aliphatic rings. The van der Waals surface area contributed by atoms with Gasteiger partial charge in [-0.25, -0.2) is 4.79 Å². The van der Waals surface area contributed by atoms with E-state index in [1.807, 2.05) is 30.3 Å². The monoisotopic (exact) mass is 386 g/mol. The highest BCUT2D eigenvalue weighted by molar-refractivity contribution is 6.05. The summed E-state index contributed by atoms with van der Waals surface area (Å²) in [5, 5.41) is 2.67. The summed E-state index contributed by atoms with van der Waals surface area (Å²) in [7, 11) is 4.58. The largest absolute Gasteiger partial charge is 0.354 e. The van der Waals surface area contributed by atoms with Crippen molar-refractivity contribution in [3.05, 3.63) is 68.5 Å². The fourth-order valence-corrected chi connectivity index (χ4v) is 3.02. The van der Waals surface area contributed by atoms with Gasteiger partial charge in [-0.2, -0.15) is 0 Å². The predicted molar refractivity (Wildman–Crippen MR) is 103 cm³/mol. The normalized spacial score (nSPS) is 11.3. The molecule has 9 nitrogen and oxygen atoms in total. The van der Waals surface area contributed by atoms with Crippen molar-refractivity contribution in [2.45, 2.75) is 12.8 Å². The van der Waals surface area contributed by atoms with Crippen molar-refractivity contribution in [3.63, 3.8) is 0 Å². The average molecular weight is 386 g/mol. The Morgan fingerprint density at radius 2 is 1.86 bits per heavy atom. The zero-order valence-corrected chi connectivity index (χ0v) is 15.9. The number of nitrogens with zero attached hydrogens (tertiary/aromatic N) is 2. The molecule has 1 amide bonds. The van der Waals surface area contributed by atoms with Gasteiger partial charge < -0.3 is 24.3 Å². The van der Waals surface area contributed by atoms with E-state index in [0.29, 0.717) is 0 Å². The lowest BCUT2D eigenvalue weighted by atomic mass is 10.2. The summed E-state index contributed by atoms with van der Waals surface area (Å²) in [6.45, 7) is 0.262. The maximum atomic E-state index is 12.9. The molecule has 0 bridgehead atoms. The summed E-state index contributed by atoms with van der Waals surface area (Å²) in [5.41, 5.74) is 0.432. The Kier molecular flexibility index (Phi) is 5.76. The smallest absolute Gasteiger partial charge is 0.329 e. The fraction of sp³-hybridized carbons (Fsp3) is 0.316. The van der Waals surface area contributed by atoms with Crippen molar-refractivity contribution < 1.29 is 14.3 Å². The number of hydrogen-bond acceptors (Lipinski definition) is 5. The van der Waals surface area contributed by atoms with Crippen LogP contribution < -0.4 is 16.6 Å². The molecule has 3 rings (SSSR count). The molecule has 0 saturated heterocycles. The molecule has 0 fully saturated rings. The van der Waals surface area contributed by atoms with E-state index in [1.165, 1.54) is 25.0 Å². The number of carbonyl (C=O) groups excluding carboxylic acids is 1. The minimum absolute atomic E-state index is 0.123. The van der Waals surface area contributed by atoms with Crippen LogP contribution in [-0.4, -0.2) is 47.1 Å². The molecular weight excluding hydrogens is 364 g/mol. The molecule has 1 aromatic carbocycles. The molecule has 0 atom stereocenters. The lowest BCUT2D eigenvalue weighted by Crippen LogP contribution is -2.36. The van der Waals surface area contributed by atoms with Crippen molar-refractivity contribution in [2.24, 2.45) is 7.05 Å². The van der Waals surface area contributed by atoms with Gasteiger partial charge >= 0.3 is 5.69 Å². The lowest BCUT2D eigenvalue weighted by molar-refractivity contribution is -0.0974. The molecule has 9 heteroatoms. The molecule has 2 heterocycles. The Balaban J connectivity index is 1.99. The van der Waals surface area contributed by atoms with Gasteiger partial charge in [0.2, 0.25) is 0 Å². The summed E-state index contributed by atoms with van der Waals surface area (Å²) in [4.78, 5) is 40.7. The number of hydrogen-bond donors (Lipinski definition) is 2. The number of aromatic amines is 1. The Hall–Kier alpha value is -3.17. The van der Waals surface area contributed by atoms with Crippen LogP contribution in [0.5, 0.6) is 0 Å². The van der Waals surface area contributed by atoms with Gasteiger partial charge in [-0.3, -0.25) is 14.2 Å². The van der Waals surface area contributed by atoms with Crippen molar-refractivity contribution in [2.75, 3.05) is 20.8 Å². The fourth-order valence-electron chi connectivity index (χ4n) is 3.02. The Morgan fingerprint density at radius 1 is 1.18 bits per heavy atom. The third-order valence-corrected chi connectivity index (χ3v) is 4.49. The highest BCUT2D eigenvalue weighted by Gasteiger charge is 2.20. The predicted octanol–water partition coefficient (Wildman–Crippen LogP) is 0.425. The quantitative estimate of drug-likeness (QED) is 0.573. The summed E-state index contributed by atoms with van der Waals surface area (Å²) >= 11 is 0. The number of rotatable bonds is 7. The van der Waals surface area contributed by atoms with Crippen LogP contribution in [0.1, 0.15) is 15.9 Å². The first-order valence-electron chi connectivity index (χ1n) is 8.66. The van der Waals surface area contributed by atoms with Gasteiger partial charge in [0, 0.05) is 27.5 Å². The zero-order valence-electron chi connectivity index (χ0n) is 15.9. The zero-order chi connectivity index (χ0) is 20.3. The third-order valence-electron chi connectivity index (χ3n) is 4.49. The van der Waals surface area contributed by atoms with Gasteiger partial charge in [0.05, 0.1) is 24.2 Å². The first kappa shape index (κ1) is 19.6. The summed E-state index contributed by atoms with van der Waals surface area (Å²) < 4.78 is 12.7. The van der Waals surface area contributed by atoms with E-state index < -0.39 is 23.4 Å². The first-order chi connectivity index (χ1) is 13.5. The maximum absolute atomic E-state index is 12.9. The second-order valence-electron chi connectivity index (χ2n) is 6.30. The number of H-pyrrole nitrogens is 1. The molecule has 148 valence electrons. The van der Waals surface area contributed by atoms with Crippen LogP contribution >= 0.6 is 0 Å². The molecule has 2 aromatic heterocycles. The number of methoxy groups -OCH3 is 2. The van der Waals surface area contributed by atoms with Gasteiger partial charge in [0.15, 0.2) is 6.29 Å². The number of nitrogens with one attached hydrogen (secondary N) is 2. The van der Waals surface area contributed by atoms with Crippen LogP contribution in [-0.2, 0) is 23.1 Å². The number of carbonyl (C=O) groups is 1. The van der Waals surface area contributed by atoms with E-state index in [-0.39, 0.29) is 29.7 Å². The molecular formula is C19H22N4O5. The molecule has 0 radical (unpaired) electrons. The third kappa shape index (κ3) is 3.75. The molecule has 0 aliphatic carbocycles. The minimum atomic E-state index is -0.596. The van der Waals surface area contributed by atoms with Crippen molar-refractivity contribution >= 4 is 16.9 Å². The minimum Gasteiger partial charge on any atom is -0.354 e. The number of benzene rings is 1. The second kappa shape index (κ2) is 8.24. The summed E-state index contributed by atoms with van der Waals surface area (Å²) in [6.07, 6.45) is 0.916. The summed E-state index contributed by atoms with van der Waals surface area (Å²) in [6, 6.07) is 9.21. The number of aromatic nitrogens is 3. The SMILES string of the molecule is COC(CNC(=O)c1cn(C)c2c(=O)n(Cc3ccccc3)c(=O)[nH]c12)OC. The van der Waals surface area contributed by atoms with E-state index in [4.69, 9.17) is 9.47 Å². The highest BCUT2D eigenvalue weighted by atomic mass is 16.7. The molecule has 0 aliphatic heterocycles. The van der Waals surface area contributed by atoms with Crippen LogP contribution in [0, 0.1) is 0 Å². The van der Waals surface area contributed by atoms with Crippen LogP contribution in [0.4, 0.5) is 0 Å². The van der Waals surface area contributed by atoms with Gasteiger partial charge in [0.1, 0.15) is 5.52 Å². The van der Waals surface area contributed by atoms with E-state index >= 15 is 0 Å². The van der Waals surface area contributed by atoms with Crippen LogP contribution in [0.3, 0.4) is 0 Å². The molecule has 28 heavy (non-hydrogen) atoms. The van der Waals surface area contributed by atoms with Gasteiger partial charge in [-0.05, 0) is 5.56 Å². The number of amides is 1. The van der Waals surface area contributed by atoms with Gasteiger partial charge in [0.25, 0.3) is 11.5 Å². The Morgan fingerprint density at radius 3 is 2.50 bits per heavy atom. The number of aryl methyl sites for hydroxylation is 1. The summed E-state index contributed by atoms with van der Waals surface area (Å²) in [5.74, 6) is -0.444. The second-order valence-corrected chi connectivity index (χ2v) is 6.30. The molecule has 3 aromatic rings. The van der Waals surface area contributed by atoms with E-state index in [1.54, 1.807) is 7.05 Å². The topological polar surface area (TPSA) is 107 Å². The molecule has 0 saturated carbocycles. The number of fused-ring (bicyclic) bond motifs is 1. The Labute approximate surface area is 160 Å². The standard InChI is InChI=1S/C19H22N4O5/c1-22-11-13(17(24)20-9-14(27-2)28-3)15-16(22)18(25)23(19(26)21-15)10-12-7-5-4-6-8-12/h4-8,11,14H,9-10H2,1-3H3,(H,20,24)(H,21,26). The molecule has 0 spiro atoms. The van der Waals surface area contributed by atoms with Crippen LogP contribution in [0.2, 0.25) is 0 Å². The van der Waals surface area contributed by atoms with Crippen molar-refractivity contribution in [3.8, 4) is 0 Å². The lowest BCUT2D eigenvalue weighted by Gasteiger charge is -2.13. The number of ether oxygens (including phenoxy) is 2. The first-order valence-corrected chi connectivity index (χ1v) is 8.66.